The standard InChI is InChI=1S/C13H13ClO4/c14-10-2-3-12(18-11-5-6-17-8-11)9(7-10)1-4-13(15)16/h1-4,7,11H,5-6,8H2,(H,15,16). The number of rotatable bonds is 4. The van der Waals surface area contributed by atoms with Crippen molar-refractivity contribution < 1.29 is 19.4 Å². The van der Waals surface area contributed by atoms with E-state index >= 15 is 0 Å². The molecule has 4 nitrogen and oxygen atoms in total. The number of ether oxygens (including phenoxy) is 2. The van der Waals surface area contributed by atoms with Crippen molar-refractivity contribution >= 4 is 23.6 Å². The van der Waals surface area contributed by atoms with Crippen LogP contribution in [0.4, 0.5) is 0 Å². The van der Waals surface area contributed by atoms with Crippen LogP contribution in [0.2, 0.25) is 5.02 Å². The molecule has 0 saturated carbocycles. The maximum absolute atomic E-state index is 10.5. The van der Waals surface area contributed by atoms with Crippen molar-refractivity contribution in [3.63, 3.8) is 0 Å². The molecule has 1 atom stereocenters. The number of hydrogen-bond acceptors (Lipinski definition) is 3. The fourth-order valence-electron chi connectivity index (χ4n) is 1.70. The summed E-state index contributed by atoms with van der Waals surface area (Å²) in [4.78, 5) is 10.5. The zero-order chi connectivity index (χ0) is 13.0. The van der Waals surface area contributed by atoms with E-state index in [2.05, 4.69) is 0 Å². The Morgan fingerprint density at radius 1 is 1.56 bits per heavy atom. The van der Waals surface area contributed by atoms with E-state index in [-0.39, 0.29) is 6.10 Å². The van der Waals surface area contributed by atoms with Gasteiger partial charge >= 0.3 is 5.97 Å². The number of carboxylic acids is 1. The van der Waals surface area contributed by atoms with Crippen molar-refractivity contribution in [2.45, 2.75) is 12.5 Å². The Hall–Kier alpha value is -1.52. The lowest BCUT2D eigenvalue weighted by Gasteiger charge is -2.14. The van der Waals surface area contributed by atoms with Crippen molar-refractivity contribution in [3.8, 4) is 5.75 Å². The average Bonchev–Trinajstić information content (AvgIpc) is 2.82. The molecule has 1 heterocycles. The number of carboxylic acid groups (broad SMARTS) is 1. The van der Waals surface area contributed by atoms with Crippen LogP contribution in [0.3, 0.4) is 0 Å². The van der Waals surface area contributed by atoms with E-state index in [0.717, 1.165) is 12.5 Å². The maximum atomic E-state index is 10.5. The summed E-state index contributed by atoms with van der Waals surface area (Å²) >= 11 is 5.89. The van der Waals surface area contributed by atoms with Crippen LogP contribution in [0.15, 0.2) is 24.3 Å². The maximum Gasteiger partial charge on any atom is 0.328 e. The van der Waals surface area contributed by atoms with Crippen molar-refractivity contribution in [1.29, 1.82) is 0 Å². The van der Waals surface area contributed by atoms with Crippen LogP contribution in [-0.4, -0.2) is 30.4 Å². The van der Waals surface area contributed by atoms with Gasteiger partial charge in [0.15, 0.2) is 0 Å². The summed E-state index contributed by atoms with van der Waals surface area (Å²) in [7, 11) is 0. The first-order valence-electron chi connectivity index (χ1n) is 5.60. The highest BCUT2D eigenvalue weighted by atomic mass is 35.5. The molecule has 2 rings (SSSR count). The van der Waals surface area contributed by atoms with Gasteiger partial charge in [-0.25, -0.2) is 4.79 Å². The highest BCUT2D eigenvalue weighted by molar-refractivity contribution is 6.30. The highest BCUT2D eigenvalue weighted by Gasteiger charge is 2.18. The molecule has 1 fully saturated rings. The largest absolute Gasteiger partial charge is 0.487 e. The lowest BCUT2D eigenvalue weighted by atomic mass is 10.2. The molecule has 0 bridgehead atoms. The minimum atomic E-state index is -1.01. The first kappa shape index (κ1) is 12.9. The van der Waals surface area contributed by atoms with Crippen molar-refractivity contribution in [3.05, 3.63) is 34.9 Å². The van der Waals surface area contributed by atoms with Crippen molar-refractivity contribution in [2.75, 3.05) is 13.2 Å². The van der Waals surface area contributed by atoms with Gasteiger partial charge in [-0.15, -0.1) is 0 Å². The van der Waals surface area contributed by atoms with E-state index in [9.17, 15) is 4.79 Å². The Morgan fingerprint density at radius 2 is 2.39 bits per heavy atom. The van der Waals surface area contributed by atoms with E-state index in [4.69, 9.17) is 26.2 Å². The van der Waals surface area contributed by atoms with Crippen LogP contribution >= 0.6 is 11.6 Å². The number of aliphatic carboxylic acids is 1. The molecule has 0 radical (unpaired) electrons. The molecular formula is C13H13ClO4. The molecule has 1 N–H and O–H groups in total. The molecule has 1 unspecified atom stereocenters. The molecule has 18 heavy (non-hydrogen) atoms. The van der Waals surface area contributed by atoms with Gasteiger partial charge in [0.05, 0.1) is 13.2 Å². The van der Waals surface area contributed by atoms with Crippen LogP contribution in [0, 0.1) is 0 Å². The van der Waals surface area contributed by atoms with Crippen LogP contribution in [0.1, 0.15) is 12.0 Å². The molecule has 1 aliphatic heterocycles. The zero-order valence-corrected chi connectivity index (χ0v) is 10.4. The lowest BCUT2D eigenvalue weighted by Crippen LogP contribution is -2.16. The summed E-state index contributed by atoms with van der Waals surface area (Å²) in [5.74, 6) is -0.391. The predicted molar refractivity (Wildman–Crippen MR) is 68.0 cm³/mol. The molecular weight excluding hydrogens is 256 g/mol. The number of hydrogen-bond donors (Lipinski definition) is 1. The van der Waals surface area contributed by atoms with Gasteiger partial charge in [-0.3, -0.25) is 0 Å². The van der Waals surface area contributed by atoms with Gasteiger partial charge in [0.1, 0.15) is 11.9 Å². The lowest BCUT2D eigenvalue weighted by molar-refractivity contribution is -0.131. The highest BCUT2D eigenvalue weighted by Crippen LogP contribution is 2.26. The van der Waals surface area contributed by atoms with E-state index in [1.54, 1.807) is 18.2 Å². The molecule has 96 valence electrons. The normalized spacial score (nSPS) is 19.3. The van der Waals surface area contributed by atoms with Gasteiger partial charge in [0.25, 0.3) is 0 Å². The Bertz CT molecular complexity index is 464. The molecule has 1 aromatic rings. The molecule has 0 spiro atoms. The molecule has 1 aliphatic rings. The summed E-state index contributed by atoms with van der Waals surface area (Å²) in [5.41, 5.74) is 0.650. The molecule has 0 amide bonds. The van der Waals surface area contributed by atoms with Crippen LogP contribution in [0.25, 0.3) is 6.08 Å². The minimum absolute atomic E-state index is 0.0168. The summed E-state index contributed by atoms with van der Waals surface area (Å²) in [6, 6.07) is 5.12. The molecule has 0 aliphatic carbocycles. The summed E-state index contributed by atoms with van der Waals surface area (Å²) in [6.07, 6.45) is 3.39. The number of carbonyl (C=O) groups is 1. The smallest absolute Gasteiger partial charge is 0.328 e. The second-order valence-corrected chi connectivity index (χ2v) is 4.39. The SMILES string of the molecule is O=C(O)C=Cc1cc(Cl)ccc1OC1CCOC1. The fourth-order valence-corrected chi connectivity index (χ4v) is 1.88. The first-order chi connectivity index (χ1) is 8.65. The van der Waals surface area contributed by atoms with Gasteiger partial charge in [-0.2, -0.15) is 0 Å². The van der Waals surface area contributed by atoms with E-state index < -0.39 is 5.97 Å². The van der Waals surface area contributed by atoms with Gasteiger partial charge in [0.2, 0.25) is 0 Å². The van der Waals surface area contributed by atoms with Crippen LogP contribution in [-0.2, 0) is 9.53 Å². The van der Waals surface area contributed by atoms with Gasteiger partial charge in [-0.1, -0.05) is 11.6 Å². The molecule has 5 heteroatoms. The topological polar surface area (TPSA) is 55.8 Å². The third kappa shape index (κ3) is 3.48. The predicted octanol–water partition coefficient (Wildman–Crippen LogP) is 2.61. The average molecular weight is 269 g/mol. The first-order valence-corrected chi connectivity index (χ1v) is 5.98. The van der Waals surface area contributed by atoms with Gasteiger partial charge in [-0.05, 0) is 24.3 Å². The Kier molecular flexibility index (Phi) is 4.23. The Balaban J connectivity index is 2.19. The summed E-state index contributed by atoms with van der Waals surface area (Å²) in [6.45, 7) is 1.25. The molecule has 1 aromatic carbocycles. The summed E-state index contributed by atoms with van der Waals surface area (Å²) in [5, 5.41) is 9.18. The van der Waals surface area contributed by atoms with Gasteiger partial charge in [0, 0.05) is 23.1 Å². The Morgan fingerprint density at radius 3 is 3.06 bits per heavy atom. The Labute approximate surface area is 110 Å². The van der Waals surface area contributed by atoms with E-state index in [0.29, 0.717) is 29.5 Å². The van der Waals surface area contributed by atoms with Crippen LogP contribution < -0.4 is 4.74 Å². The van der Waals surface area contributed by atoms with E-state index in [1.807, 2.05) is 0 Å². The van der Waals surface area contributed by atoms with Crippen molar-refractivity contribution in [1.82, 2.24) is 0 Å². The van der Waals surface area contributed by atoms with E-state index in [1.165, 1.54) is 6.08 Å². The number of halogens is 1. The second kappa shape index (κ2) is 5.89. The summed E-state index contributed by atoms with van der Waals surface area (Å²) < 4.78 is 11.0. The number of benzene rings is 1. The molecule has 0 aromatic heterocycles. The minimum Gasteiger partial charge on any atom is -0.487 e. The van der Waals surface area contributed by atoms with Crippen LogP contribution in [0.5, 0.6) is 5.75 Å². The third-order valence-corrected chi connectivity index (χ3v) is 2.79. The quantitative estimate of drug-likeness (QED) is 0.853. The monoisotopic (exact) mass is 268 g/mol. The third-order valence-electron chi connectivity index (χ3n) is 2.56. The fraction of sp³-hybridized carbons (Fsp3) is 0.308. The van der Waals surface area contributed by atoms with Crippen molar-refractivity contribution in [2.24, 2.45) is 0 Å². The zero-order valence-electron chi connectivity index (χ0n) is 9.64. The second-order valence-electron chi connectivity index (χ2n) is 3.96. The van der Waals surface area contributed by atoms with Gasteiger partial charge < -0.3 is 14.6 Å². The molecule has 1 saturated heterocycles.